The van der Waals surface area contributed by atoms with E-state index in [1.54, 1.807) is 0 Å². The van der Waals surface area contributed by atoms with Crippen LogP contribution in [0.3, 0.4) is 0 Å². The molecular weight excluding hydrogens is 302 g/mol. The van der Waals surface area contributed by atoms with E-state index in [4.69, 9.17) is 4.74 Å². The standard InChI is InChI=1S/C15H23N3O3S/c1-2-6-16-22(19,20)18-7-5-13-3-4-14(12-15(13)18)17-8-10-21-11-9-17/h3-4,12,16H,2,5-11H2,1H3. The molecule has 2 aliphatic rings. The molecule has 0 unspecified atom stereocenters. The molecule has 3 rings (SSSR count). The number of nitrogens with one attached hydrogen (secondary N) is 1. The van der Waals surface area contributed by atoms with Crippen LogP contribution in [0.25, 0.3) is 0 Å². The van der Waals surface area contributed by atoms with Crippen molar-refractivity contribution < 1.29 is 13.2 Å². The maximum atomic E-state index is 12.4. The van der Waals surface area contributed by atoms with Crippen LogP contribution >= 0.6 is 0 Å². The van der Waals surface area contributed by atoms with Crippen LogP contribution in [0.2, 0.25) is 0 Å². The summed E-state index contributed by atoms with van der Waals surface area (Å²) in [4.78, 5) is 2.24. The van der Waals surface area contributed by atoms with Gasteiger partial charge in [0.15, 0.2) is 0 Å². The van der Waals surface area contributed by atoms with Crippen LogP contribution in [0.4, 0.5) is 11.4 Å². The predicted octanol–water partition coefficient (Wildman–Crippen LogP) is 1.13. The highest BCUT2D eigenvalue weighted by Gasteiger charge is 2.29. The highest BCUT2D eigenvalue weighted by molar-refractivity contribution is 7.90. The molecule has 7 heteroatoms. The number of hydrogen-bond donors (Lipinski definition) is 1. The van der Waals surface area contributed by atoms with Crippen LogP contribution in [-0.2, 0) is 21.4 Å². The van der Waals surface area contributed by atoms with Crippen molar-refractivity contribution in [3.8, 4) is 0 Å². The Labute approximate surface area is 132 Å². The quantitative estimate of drug-likeness (QED) is 0.881. The predicted molar refractivity (Wildman–Crippen MR) is 87.7 cm³/mol. The van der Waals surface area contributed by atoms with Gasteiger partial charge >= 0.3 is 10.2 Å². The Morgan fingerprint density at radius 2 is 2.00 bits per heavy atom. The van der Waals surface area contributed by atoms with Crippen molar-refractivity contribution in [2.75, 3.05) is 48.6 Å². The molecule has 1 aromatic rings. The van der Waals surface area contributed by atoms with E-state index in [9.17, 15) is 8.42 Å². The second kappa shape index (κ2) is 6.44. The fourth-order valence-corrected chi connectivity index (χ4v) is 4.29. The van der Waals surface area contributed by atoms with Crippen LogP contribution in [0.5, 0.6) is 0 Å². The van der Waals surface area contributed by atoms with Gasteiger partial charge in [0, 0.05) is 31.9 Å². The summed E-state index contributed by atoms with van der Waals surface area (Å²) in [5.41, 5.74) is 2.98. The lowest BCUT2D eigenvalue weighted by Crippen LogP contribution is -2.40. The third-order valence-corrected chi connectivity index (χ3v) is 5.65. The van der Waals surface area contributed by atoms with Gasteiger partial charge in [-0.1, -0.05) is 13.0 Å². The summed E-state index contributed by atoms with van der Waals surface area (Å²) in [7, 11) is -3.44. The summed E-state index contributed by atoms with van der Waals surface area (Å²) in [5.74, 6) is 0. The van der Waals surface area contributed by atoms with Gasteiger partial charge in [0.05, 0.1) is 18.9 Å². The molecule has 122 valence electrons. The maximum Gasteiger partial charge on any atom is 0.301 e. The first-order valence-corrected chi connectivity index (χ1v) is 9.29. The minimum absolute atomic E-state index is 0.470. The first-order valence-electron chi connectivity index (χ1n) is 7.85. The Kier molecular flexibility index (Phi) is 4.56. The largest absolute Gasteiger partial charge is 0.378 e. The fourth-order valence-electron chi connectivity index (χ4n) is 2.92. The van der Waals surface area contributed by atoms with E-state index < -0.39 is 10.2 Å². The van der Waals surface area contributed by atoms with Gasteiger partial charge in [0.25, 0.3) is 0 Å². The SMILES string of the molecule is CCCNS(=O)(=O)N1CCc2ccc(N3CCOCC3)cc21. The number of ether oxygens (including phenoxy) is 1. The second-order valence-electron chi connectivity index (χ2n) is 5.63. The number of fused-ring (bicyclic) bond motifs is 1. The Morgan fingerprint density at radius 1 is 1.23 bits per heavy atom. The number of nitrogens with zero attached hydrogens (tertiary/aromatic N) is 2. The van der Waals surface area contributed by atoms with Gasteiger partial charge in [-0.05, 0) is 30.5 Å². The first-order chi connectivity index (χ1) is 10.6. The molecule has 0 radical (unpaired) electrons. The minimum atomic E-state index is -3.44. The molecule has 1 fully saturated rings. The number of benzene rings is 1. The zero-order valence-electron chi connectivity index (χ0n) is 12.9. The average molecular weight is 325 g/mol. The van der Waals surface area contributed by atoms with Gasteiger partial charge in [0.2, 0.25) is 0 Å². The van der Waals surface area contributed by atoms with E-state index >= 15 is 0 Å². The lowest BCUT2D eigenvalue weighted by Gasteiger charge is -2.30. The summed E-state index contributed by atoms with van der Waals surface area (Å²) in [6.45, 7) is 6.07. The van der Waals surface area contributed by atoms with Crippen molar-refractivity contribution in [3.63, 3.8) is 0 Å². The maximum absolute atomic E-state index is 12.4. The lowest BCUT2D eigenvalue weighted by atomic mass is 10.1. The third kappa shape index (κ3) is 3.06. The van der Waals surface area contributed by atoms with Crippen LogP contribution in [0, 0.1) is 0 Å². The highest BCUT2D eigenvalue weighted by atomic mass is 32.2. The summed E-state index contributed by atoms with van der Waals surface area (Å²) in [6.07, 6.45) is 1.56. The van der Waals surface area contributed by atoms with E-state index in [-0.39, 0.29) is 0 Å². The monoisotopic (exact) mass is 325 g/mol. The molecule has 0 atom stereocenters. The van der Waals surface area contributed by atoms with Gasteiger partial charge < -0.3 is 9.64 Å². The van der Waals surface area contributed by atoms with Gasteiger partial charge in [-0.15, -0.1) is 0 Å². The van der Waals surface area contributed by atoms with Crippen LogP contribution < -0.4 is 13.9 Å². The van der Waals surface area contributed by atoms with Crippen molar-refractivity contribution in [3.05, 3.63) is 23.8 Å². The smallest absolute Gasteiger partial charge is 0.301 e. The average Bonchev–Trinajstić information content (AvgIpc) is 2.98. The Morgan fingerprint density at radius 3 is 2.73 bits per heavy atom. The number of rotatable bonds is 5. The van der Waals surface area contributed by atoms with Crippen molar-refractivity contribution in [2.24, 2.45) is 0 Å². The molecule has 2 aliphatic heterocycles. The van der Waals surface area contributed by atoms with E-state index in [0.717, 1.165) is 56.1 Å². The summed E-state index contributed by atoms with van der Waals surface area (Å²) < 4.78 is 34.4. The highest BCUT2D eigenvalue weighted by Crippen LogP contribution is 2.33. The zero-order chi connectivity index (χ0) is 15.6. The summed E-state index contributed by atoms with van der Waals surface area (Å²) in [5, 5.41) is 0. The number of hydrogen-bond acceptors (Lipinski definition) is 4. The minimum Gasteiger partial charge on any atom is -0.378 e. The zero-order valence-corrected chi connectivity index (χ0v) is 13.7. The Hall–Kier alpha value is -1.31. The Balaban J connectivity index is 1.85. The second-order valence-corrected chi connectivity index (χ2v) is 7.31. The molecule has 1 aromatic carbocycles. The van der Waals surface area contributed by atoms with Gasteiger partial charge in [-0.25, -0.2) is 0 Å². The van der Waals surface area contributed by atoms with Crippen molar-refractivity contribution >= 4 is 21.6 Å². The van der Waals surface area contributed by atoms with E-state index in [0.29, 0.717) is 13.1 Å². The lowest BCUT2D eigenvalue weighted by molar-refractivity contribution is 0.122. The Bertz CT molecular complexity index is 627. The molecule has 6 nitrogen and oxygen atoms in total. The fraction of sp³-hybridized carbons (Fsp3) is 0.600. The van der Waals surface area contributed by atoms with Gasteiger partial charge in [-0.2, -0.15) is 13.1 Å². The first kappa shape index (κ1) is 15.6. The molecule has 2 heterocycles. The number of morpholine rings is 1. The van der Waals surface area contributed by atoms with Crippen molar-refractivity contribution in [2.45, 2.75) is 19.8 Å². The molecule has 1 N–H and O–H groups in total. The summed E-state index contributed by atoms with van der Waals surface area (Å²) in [6, 6.07) is 6.13. The molecule has 0 bridgehead atoms. The van der Waals surface area contributed by atoms with Crippen molar-refractivity contribution in [1.29, 1.82) is 0 Å². The molecule has 0 aliphatic carbocycles. The van der Waals surface area contributed by atoms with Crippen molar-refractivity contribution in [1.82, 2.24) is 4.72 Å². The third-order valence-electron chi connectivity index (χ3n) is 4.12. The van der Waals surface area contributed by atoms with E-state index in [2.05, 4.69) is 21.8 Å². The molecule has 22 heavy (non-hydrogen) atoms. The van der Waals surface area contributed by atoms with Gasteiger partial charge in [0.1, 0.15) is 0 Å². The molecule has 0 aromatic heterocycles. The molecule has 0 amide bonds. The van der Waals surface area contributed by atoms with E-state index in [1.165, 1.54) is 4.31 Å². The normalized spacial score (nSPS) is 18.6. The van der Waals surface area contributed by atoms with Crippen LogP contribution in [0.1, 0.15) is 18.9 Å². The van der Waals surface area contributed by atoms with Crippen LogP contribution in [-0.4, -0.2) is 47.8 Å². The summed E-state index contributed by atoms with van der Waals surface area (Å²) >= 11 is 0. The molecule has 1 saturated heterocycles. The van der Waals surface area contributed by atoms with Crippen LogP contribution in [0.15, 0.2) is 18.2 Å². The van der Waals surface area contributed by atoms with Gasteiger partial charge in [-0.3, -0.25) is 4.31 Å². The molecule has 0 saturated carbocycles. The topological polar surface area (TPSA) is 61.9 Å². The van der Waals surface area contributed by atoms with E-state index in [1.807, 2.05) is 13.0 Å². The molecular formula is C15H23N3O3S. The number of anilines is 2. The molecule has 0 spiro atoms.